The van der Waals surface area contributed by atoms with Gasteiger partial charge in [0.05, 0.1) is 6.61 Å². The van der Waals surface area contributed by atoms with Crippen LogP contribution in [0.15, 0.2) is 54.6 Å². The standard InChI is InChI=1S/C21H27N3O3/c22-16-17-9-11-18(12-10-17)21(26)24-14-5-13-23-20(25)8-4-15-27-19-6-2-1-3-7-19/h1-3,6-7,9-12H,4-5,8,13-16,22H2,(H,23,25)(H,24,26). The Morgan fingerprint density at radius 2 is 1.59 bits per heavy atom. The maximum Gasteiger partial charge on any atom is 0.251 e. The maximum atomic E-state index is 12.0. The lowest BCUT2D eigenvalue weighted by Gasteiger charge is -2.08. The second-order valence-electron chi connectivity index (χ2n) is 6.13. The monoisotopic (exact) mass is 369 g/mol. The van der Waals surface area contributed by atoms with E-state index in [1.54, 1.807) is 12.1 Å². The van der Waals surface area contributed by atoms with Gasteiger partial charge in [-0.3, -0.25) is 9.59 Å². The van der Waals surface area contributed by atoms with Crippen LogP contribution in [0.2, 0.25) is 0 Å². The number of nitrogens with two attached hydrogens (primary N) is 1. The Kier molecular flexibility index (Phi) is 8.86. The van der Waals surface area contributed by atoms with Crippen LogP contribution in [0.25, 0.3) is 0 Å². The first-order valence-corrected chi connectivity index (χ1v) is 9.21. The van der Waals surface area contributed by atoms with Gasteiger partial charge in [0.1, 0.15) is 5.75 Å². The second-order valence-corrected chi connectivity index (χ2v) is 6.13. The van der Waals surface area contributed by atoms with Crippen molar-refractivity contribution >= 4 is 11.8 Å². The summed E-state index contributed by atoms with van der Waals surface area (Å²) in [5.74, 6) is 0.685. The molecule has 0 fully saturated rings. The van der Waals surface area contributed by atoms with E-state index in [4.69, 9.17) is 10.5 Å². The average Bonchev–Trinajstić information content (AvgIpc) is 2.71. The highest BCUT2D eigenvalue weighted by atomic mass is 16.5. The molecule has 0 saturated carbocycles. The van der Waals surface area contributed by atoms with E-state index in [0.717, 1.165) is 11.3 Å². The van der Waals surface area contributed by atoms with Gasteiger partial charge in [0.2, 0.25) is 5.91 Å². The van der Waals surface area contributed by atoms with Crippen LogP contribution in [0.3, 0.4) is 0 Å². The molecule has 0 atom stereocenters. The topological polar surface area (TPSA) is 93.5 Å². The fourth-order valence-corrected chi connectivity index (χ4v) is 2.44. The molecule has 27 heavy (non-hydrogen) atoms. The van der Waals surface area contributed by atoms with Crippen molar-refractivity contribution in [2.24, 2.45) is 5.73 Å². The van der Waals surface area contributed by atoms with Crippen molar-refractivity contribution in [3.63, 3.8) is 0 Å². The predicted octanol–water partition coefficient (Wildman–Crippen LogP) is 2.24. The molecule has 2 aromatic rings. The van der Waals surface area contributed by atoms with Crippen LogP contribution in [0.1, 0.15) is 35.2 Å². The van der Waals surface area contributed by atoms with E-state index >= 15 is 0 Å². The number of carbonyl (C=O) groups excluding carboxylic acids is 2. The number of benzene rings is 2. The number of hydrogen-bond acceptors (Lipinski definition) is 4. The lowest BCUT2D eigenvalue weighted by molar-refractivity contribution is -0.121. The van der Waals surface area contributed by atoms with Crippen molar-refractivity contribution in [3.8, 4) is 5.75 Å². The van der Waals surface area contributed by atoms with Gasteiger partial charge in [-0.2, -0.15) is 0 Å². The van der Waals surface area contributed by atoms with Crippen molar-refractivity contribution < 1.29 is 14.3 Å². The summed E-state index contributed by atoms with van der Waals surface area (Å²) in [6.45, 7) is 2.01. The third-order valence-corrected chi connectivity index (χ3v) is 3.97. The maximum absolute atomic E-state index is 12.0. The average molecular weight is 369 g/mol. The van der Waals surface area contributed by atoms with Crippen molar-refractivity contribution in [1.82, 2.24) is 10.6 Å². The van der Waals surface area contributed by atoms with Gasteiger partial charge in [0.25, 0.3) is 5.91 Å². The van der Waals surface area contributed by atoms with E-state index in [2.05, 4.69) is 10.6 Å². The van der Waals surface area contributed by atoms with Crippen LogP contribution in [0.4, 0.5) is 0 Å². The fraction of sp³-hybridized carbons (Fsp3) is 0.333. The fourth-order valence-electron chi connectivity index (χ4n) is 2.44. The largest absolute Gasteiger partial charge is 0.494 e. The zero-order valence-electron chi connectivity index (χ0n) is 15.4. The number of amides is 2. The number of carbonyl (C=O) groups is 2. The summed E-state index contributed by atoms with van der Waals surface area (Å²) in [6, 6.07) is 16.7. The number of para-hydroxylation sites is 1. The second kappa shape index (κ2) is 11.7. The zero-order chi connectivity index (χ0) is 19.3. The van der Waals surface area contributed by atoms with Crippen molar-refractivity contribution in [1.29, 1.82) is 0 Å². The molecule has 0 aliphatic rings. The van der Waals surface area contributed by atoms with E-state index in [1.807, 2.05) is 42.5 Å². The Hall–Kier alpha value is -2.86. The molecule has 2 aromatic carbocycles. The number of ether oxygens (including phenoxy) is 1. The highest BCUT2D eigenvalue weighted by Gasteiger charge is 2.05. The molecule has 6 heteroatoms. The summed E-state index contributed by atoms with van der Waals surface area (Å²) in [5.41, 5.74) is 7.13. The predicted molar refractivity (Wildman–Crippen MR) is 105 cm³/mol. The summed E-state index contributed by atoms with van der Waals surface area (Å²) in [4.78, 5) is 23.8. The molecule has 0 saturated heterocycles. The molecule has 0 aliphatic heterocycles. The Morgan fingerprint density at radius 1 is 0.889 bits per heavy atom. The van der Waals surface area contributed by atoms with Gasteiger partial charge in [-0.05, 0) is 42.7 Å². The minimum Gasteiger partial charge on any atom is -0.494 e. The van der Waals surface area contributed by atoms with Crippen LogP contribution in [-0.4, -0.2) is 31.5 Å². The van der Waals surface area contributed by atoms with E-state index < -0.39 is 0 Å². The van der Waals surface area contributed by atoms with Gasteiger partial charge in [-0.1, -0.05) is 30.3 Å². The van der Waals surface area contributed by atoms with Crippen LogP contribution in [-0.2, 0) is 11.3 Å². The van der Waals surface area contributed by atoms with Crippen LogP contribution < -0.4 is 21.1 Å². The Balaban J connectivity index is 1.50. The third kappa shape index (κ3) is 7.92. The molecule has 0 radical (unpaired) electrons. The van der Waals surface area contributed by atoms with Gasteiger partial charge < -0.3 is 21.1 Å². The van der Waals surface area contributed by atoms with Crippen LogP contribution in [0.5, 0.6) is 5.75 Å². The summed E-state index contributed by atoms with van der Waals surface area (Å²) in [5, 5.41) is 5.69. The summed E-state index contributed by atoms with van der Waals surface area (Å²) < 4.78 is 5.55. The first kappa shape index (κ1) is 20.5. The normalized spacial score (nSPS) is 10.3. The van der Waals surface area contributed by atoms with Gasteiger partial charge in [-0.15, -0.1) is 0 Å². The number of rotatable bonds is 11. The van der Waals surface area contributed by atoms with Gasteiger partial charge in [0.15, 0.2) is 0 Å². The molecule has 2 amide bonds. The van der Waals surface area contributed by atoms with E-state index in [-0.39, 0.29) is 11.8 Å². The molecule has 6 nitrogen and oxygen atoms in total. The van der Waals surface area contributed by atoms with E-state index in [0.29, 0.717) is 51.1 Å². The van der Waals surface area contributed by atoms with Crippen molar-refractivity contribution in [2.45, 2.75) is 25.8 Å². The highest BCUT2D eigenvalue weighted by molar-refractivity contribution is 5.94. The summed E-state index contributed by atoms with van der Waals surface area (Å²) in [7, 11) is 0. The number of hydrogen-bond donors (Lipinski definition) is 3. The third-order valence-electron chi connectivity index (χ3n) is 3.97. The zero-order valence-corrected chi connectivity index (χ0v) is 15.4. The minimum absolute atomic E-state index is 0.00429. The first-order chi connectivity index (χ1) is 13.2. The van der Waals surface area contributed by atoms with Gasteiger partial charge in [-0.25, -0.2) is 0 Å². The molecule has 0 aliphatic carbocycles. The van der Waals surface area contributed by atoms with Gasteiger partial charge in [0, 0.05) is 31.6 Å². The van der Waals surface area contributed by atoms with Crippen LogP contribution >= 0.6 is 0 Å². The molecule has 0 unspecified atom stereocenters. The smallest absolute Gasteiger partial charge is 0.251 e. The summed E-state index contributed by atoms with van der Waals surface area (Å²) >= 11 is 0. The van der Waals surface area contributed by atoms with E-state index in [9.17, 15) is 9.59 Å². The molecule has 4 N–H and O–H groups in total. The van der Waals surface area contributed by atoms with Crippen LogP contribution in [0, 0.1) is 0 Å². The van der Waals surface area contributed by atoms with Crippen molar-refractivity contribution in [2.75, 3.05) is 19.7 Å². The Labute approximate surface area is 160 Å². The highest BCUT2D eigenvalue weighted by Crippen LogP contribution is 2.08. The molecular formula is C21H27N3O3. The lowest BCUT2D eigenvalue weighted by atomic mass is 10.1. The van der Waals surface area contributed by atoms with E-state index in [1.165, 1.54) is 0 Å². The number of nitrogens with one attached hydrogen (secondary N) is 2. The Bertz CT molecular complexity index is 702. The molecule has 0 spiro atoms. The molecule has 144 valence electrons. The molecule has 0 aromatic heterocycles. The minimum atomic E-state index is -0.122. The molecule has 0 bridgehead atoms. The quantitative estimate of drug-likeness (QED) is 0.530. The Morgan fingerprint density at radius 3 is 2.30 bits per heavy atom. The van der Waals surface area contributed by atoms with Crippen molar-refractivity contribution in [3.05, 3.63) is 65.7 Å². The molecular weight excluding hydrogens is 342 g/mol. The molecule has 2 rings (SSSR count). The summed E-state index contributed by atoms with van der Waals surface area (Å²) in [6.07, 6.45) is 1.77. The lowest BCUT2D eigenvalue weighted by Crippen LogP contribution is -2.30. The SMILES string of the molecule is NCc1ccc(C(=O)NCCCNC(=O)CCCOc2ccccc2)cc1. The van der Waals surface area contributed by atoms with Gasteiger partial charge >= 0.3 is 0 Å². The first-order valence-electron chi connectivity index (χ1n) is 9.21. The molecule has 0 heterocycles.